The van der Waals surface area contributed by atoms with E-state index >= 15 is 0 Å². The number of phenolic OH excluding ortho intramolecular Hbond substituents is 1. The zero-order chi connectivity index (χ0) is 27.0. The summed E-state index contributed by atoms with van der Waals surface area (Å²) in [6.45, 7) is 8.54. The van der Waals surface area contributed by atoms with E-state index in [9.17, 15) is 24.3 Å². The molecule has 0 aliphatic heterocycles. The molecular formula is C26H39N3O7. The molecule has 1 aliphatic carbocycles. The van der Waals surface area contributed by atoms with Crippen molar-refractivity contribution in [1.29, 1.82) is 0 Å². The molecule has 1 aromatic rings. The molecule has 1 aliphatic rings. The third-order valence-electron chi connectivity index (χ3n) is 6.27. The van der Waals surface area contributed by atoms with Crippen LogP contribution in [0.5, 0.6) is 5.75 Å². The van der Waals surface area contributed by atoms with Gasteiger partial charge in [-0.25, -0.2) is 4.79 Å². The van der Waals surface area contributed by atoms with Crippen molar-refractivity contribution in [3.05, 3.63) is 29.8 Å². The van der Waals surface area contributed by atoms with Gasteiger partial charge in [0, 0.05) is 11.6 Å². The Kier molecular flexibility index (Phi) is 10.1. The number of carbonyl (C=O) groups excluding carboxylic acids is 4. The third kappa shape index (κ3) is 7.60. The van der Waals surface area contributed by atoms with E-state index in [-0.39, 0.29) is 23.3 Å². The maximum atomic E-state index is 14.1. The minimum Gasteiger partial charge on any atom is -0.508 e. The maximum Gasteiger partial charge on any atom is 0.408 e. The van der Waals surface area contributed by atoms with Gasteiger partial charge in [0.15, 0.2) is 0 Å². The first-order chi connectivity index (χ1) is 16.9. The standard InChI is InChI=1S/C26H39N3O7/c1-7-16(2)21(28-25(34)36-26(3,4)5)24(33)29(17-11-10-12-17)22(18-13-8-9-14-19(18)30)23(32)27-15-20(31)35-6/h8-9,13-14,16-17,21-22,30H,7,10-12,15H2,1-6H3,(H,27,32)(H,28,34). The zero-order valence-corrected chi connectivity index (χ0v) is 22.0. The molecule has 0 spiro atoms. The fourth-order valence-electron chi connectivity index (χ4n) is 3.93. The Morgan fingerprint density at radius 2 is 1.81 bits per heavy atom. The predicted molar refractivity (Wildman–Crippen MR) is 133 cm³/mol. The smallest absolute Gasteiger partial charge is 0.408 e. The average molecular weight is 506 g/mol. The molecule has 36 heavy (non-hydrogen) atoms. The van der Waals surface area contributed by atoms with Crippen LogP contribution in [0.1, 0.15) is 71.9 Å². The van der Waals surface area contributed by atoms with Crippen molar-refractivity contribution in [3.63, 3.8) is 0 Å². The van der Waals surface area contributed by atoms with E-state index in [1.807, 2.05) is 13.8 Å². The number of phenols is 1. The summed E-state index contributed by atoms with van der Waals surface area (Å²) in [5.74, 6) is -2.17. The van der Waals surface area contributed by atoms with E-state index in [1.54, 1.807) is 39.0 Å². The van der Waals surface area contributed by atoms with Gasteiger partial charge in [-0.05, 0) is 52.0 Å². The van der Waals surface area contributed by atoms with Gasteiger partial charge >= 0.3 is 12.1 Å². The van der Waals surface area contributed by atoms with Gasteiger partial charge in [-0.3, -0.25) is 14.4 Å². The second-order valence-electron chi connectivity index (χ2n) is 10.1. The number of benzene rings is 1. The second kappa shape index (κ2) is 12.6. The number of carbonyl (C=O) groups is 4. The molecule has 0 radical (unpaired) electrons. The molecule has 3 N–H and O–H groups in total. The van der Waals surface area contributed by atoms with Gasteiger partial charge < -0.3 is 30.1 Å². The molecular weight excluding hydrogens is 466 g/mol. The Labute approximate surface area is 212 Å². The van der Waals surface area contributed by atoms with Crippen LogP contribution in [0.2, 0.25) is 0 Å². The third-order valence-corrected chi connectivity index (χ3v) is 6.27. The molecule has 10 nitrogen and oxygen atoms in total. The molecule has 1 saturated carbocycles. The van der Waals surface area contributed by atoms with E-state index in [0.29, 0.717) is 19.3 Å². The summed E-state index contributed by atoms with van der Waals surface area (Å²) >= 11 is 0. The Hall–Kier alpha value is -3.30. The van der Waals surface area contributed by atoms with Crippen molar-refractivity contribution >= 4 is 23.9 Å². The zero-order valence-electron chi connectivity index (χ0n) is 22.0. The van der Waals surface area contributed by atoms with Crippen LogP contribution in [0, 0.1) is 5.92 Å². The lowest BCUT2D eigenvalue weighted by Gasteiger charge is -2.44. The van der Waals surface area contributed by atoms with E-state index < -0.39 is 48.1 Å². The minimum atomic E-state index is -1.22. The van der Waals surface area contributed by atoms with Gasteiger partial charge in [-0.15, -0.1) is 0 Å². The van der Waals surface area contributed by atoms with Crippen LogP contribution in [0.4, 0.5) is 4.79 Å². The average Bonchev–Trinajstić information content (AvgIpc) is 2.78. The van der Waals surface area contributed by atoms with Crippen LogP contribution in [0.3, 0.4) is 0 Å². The highest BCUT2D eigenvalue weighted by Crippen LogP contribution is 2.37. The summed E-state index contributed by atoms with van der Waals surface area (Å²) in [5.41, 5.74) is -0.535. The lowest BCUT2D eigenvalue weighted by Crippen LogP contribution is -2.59. The van der Waals surface area contributed by atoms with Crippen LogP contribution < -0.4 is 10.6 Å². The number of para-hydroxylation sites is 1. The van der Waals surface area contributed by atoms with Crippen LogP contribution in [0.25, 0.3) is 0 Å². The second-order valence-corrected chi connectivity index (χ2v) is 10.1. The summed E-state index contributed by atoms with van der Waals surface area (Å²) in [6.07, 6.45) is 2.06. The van der Waals surface area contributed by atoms with Crippen molar-refractivity contribution in [2.24, 2.45) is 5.92 Å². The molecule has 3 unspecified atom stereocenters. The number of methoxy groups -OCH3 is 1. The molecule has 3 atom stereocenters. The fraction of sp³-hybridized carbons (Fsp3) is 0.615. The Bertz CT molecular complexity index is 940. The number of nitrogens with zero attached hydrogens (tertiary/aromatic N) is 1. The number of esters is 1. The minimum absolute atomic E-state index is 0.159. The summed E-state index contributed by atoms with van der Waals surface area (Å²) in [4.78, 5) is 53.3. The van der Waals surface area contributed by atoms with Crippen molar-refractivity contribution in [2.75, 3.05) is 13.7 Å². The van der Waals surface area contributed by atoms with Crippen LogP contribution in [0.15, 0.2) is 24.3 Å². The Morgan fingerprint density at radius 1 is 1.17 bits per heavy atom. The molecule has 1 fully saturated rings. The van der Waals surface area contributed by atoms with Crippen LogP contribution in [-0.2, 0) is 23.9 Å². The van der Waals surface area contributed by atoms with Gasteiger partial charge in [-0.1, -0.05) is 38.5 Å². The summed E-state index contributed by atoms with van der Waals surface area (Å²) in [7, 11) is 1.21. The number of hydrogen-bond acceptors (Lipinski definition) is 7. The van der Waals surface area contributed by atoms with Crippen molar-refractivity contribution < 1.29 is 33.8 Å². The van der Waals surface area contributed by atoms with Gasteiger partial charge in [0.1, 0.15) is 30.0 Å². The number of nitrogens with one attached hydrogen (secondary N) is 2. The number of aromatic hydroxyl groups is 1. The van der Waals surface area contributed by atoms with Crippen molar-refractivity contribution in [2.45, 2.75) is 84.0 Å². The predicted octanol–water partition coefficient (Wildman–Crippen LogP) is 3.04. The highest BCUT2D eigenvalue weighted by atomic mass is 16.6. The molecule has 0 aromatic heterocycles. The summed E-state index contributed by atoms with van der Waals surface area (Å²) in [6, 6.07) is 3.81. The number of amides is 3. The summed E-state index contributed by atoms with van der Waals surface area (Å²) in [5, 5.41) is 15.9. The molecule has 200 valence electrons. The molecule has 1 aromatic carbocycles. The van der Waals surface area contributed by atoms with Gasteiger partial charge in [0.25, 0.3) is 0 Å². The first kappa shape index (κ1) is 28.9. The first-order valence-corrected chi connectivity index (χ1v) is 12.3. The van der Waals surface area contributed by atoms with Gasteiger partial charge in [0.2, 0.25) is 11.8 Å². The SMILES string of the molecule is CCC(C)C(NC(=O)OC(C)(C)C)C(=O)N(C1CCC1)C(C(=O)NCC(=O)OC)c1ccccc1O. The molecule has 2 rings (SSSR count). The van der Waals surface area contributed by atoms with Gasteiger partial charge in [-0.2, -0.15) is 0 Å². The maximum absolute atomic E-state index is 14.1. The van der Waals surface area contributed by atoms with Crippen molar-refractivity contribution in [3.8, 4) is 5.75 Å². The molecule has 0 heterocycles. The Morgan fingerprint density at radius 3 is 2.31 bits per heavy atom. The monoisotopic (exact) mass is 505 g/mol. The van der Waals surface area contributed by atoms with Crippen LogP contribution in [-0.4, -0.2) is 65.2 Å². The lowest BCUT2D eigenvalue weighted by atomic mass is 9.86. The lowest BCUT2D eigenvalue weighted by molar-refractivity contribution is -0.149. The first-order valence-electron chi connectivity index (χ1n) is 12.3. The van der Waals surface area contributed by atoms with Crippen LogP contribution >= 0.6 is 0 Å². The van der Waals surface area contributed by atoms with E-state index in [0.717, 1.165) is 6.42 Å². The number of hydrogen-bond donors (Lipinski definition) is 3. The van der Waals surface area contributed by atoms with E-state index in [1.165, 1.54) is 18.1 Å². The number of ether oxygens (including phenoxy) is 2. The molecule has 0 bridgehead atoms. The number of rotatable bonds is 10. The summed E-state index contributed by atoms with van der Waals surface area (Å²) < 4.78 is 10.0. The number of alkyl carbamates (subject to hydrolysis) is 1. The molecule has 0 saturated heterocycles. The highest BCUT2D eigenvalue weighted by molar-refractivity contribution is 5.94. The normalized spacial score (nSPS) is 16.1. The van der Waals surface area contributed by atoms with Crippen molar-refractivity contribution in [1.82, 2.24) is 15.5 Å². The van der Waals surface area contributed by atoms with Gasteiger partial charge in [0.05, 0.1) is 7.11 Å². The quantitative estimate of drug-likeness (QED) is 0.416. The van der Waals surface area contributed by atoms with E-state index in [4.69, 9.17) is 4.74 Å². The Balaban J connectivity index is 2.50. The molecule has 10 heteroatoms. The molecule has 3 amide bonds. The topological polar surface area (TPSA) is 134 Å². The largest absolute Gasteiger partial charge is 0.508 e. The highest BCUT2D eigenvalue weighted by Gasteiger charge is 2.43. The van der Waals surface area contributed by atoms with E-state index in [2.05, 4.69) is 15.4 Å². The fourth-order valence-corrected chi connectivity index (χ4v) is 3.93.